The van der Waals surface area contributed by atoms with E-state index in [0.717, 1.165) is 0 Å². The fraction of sp³-hybridized carbons (Fsp3) is 0.167. The van der Waals surface area contributed by atoms with Crippen molar-refractivity contribution in [3.63, 3.8) is 0 Å². The molecule has 1 aromatic heterocycles. The lowest BCUT2D eigenvalue weighted by Gasteiger charge is -1.74. The maximum atomic E-state index is 8.25. The predicted molar refractivity (Wildman–Crippen MR) is 38.1 cm³/mol. The molecule has 0 unspecified atom stereocenters. The van der Waals surface area contributed by atoms with Gasteiger partial charge in [0.1, 0.15) is 0 Å². The lowest BCUT2D eigenvalue weighted by atomic mass is 10.4. The van der Waals surface area contributed by atoms with Gasteiger partial charge in [-0.15, -0.1) is 0 Å². The molecule has 0 aliphatic heterocycles. The maximum absolute atomic E-state index is 8.25. The van der Waals surface area contributed by atoms with Gasteiger partial charge in [-0.2, -0.15) is 0 Å². The van der Waals surface area contributed by atoms with Gasteiger partial charge in [0.2, 0.25) is 0 Å². The van der Waals surface area contributed by atoms with E-state index >= 15 is 0 Å². The summed E-state index contributed by atoms with van der Waals surface area (Å²) in [6, 6.07) is 6.00. The van der Waals surface area contributed by atoms with Crippen molar-refractivity contribution in [1.29, 1.82) is 0 Å². The second-order valence-corrected chi connectivity index (χ2v) is 1.77. The van der Waals surface area contributed by atoms with E-state index < -0.39 is 5.09 Å². The average molecular weight is 156 g/mol. The van der Waals surface area contributed by atoms with E-state index in [9.17, 15) is 0 Å². The first-order valence-corrected chi connectivity index (χ1v) is 2.88. The Morgan fingerprint density at radius 2 is 2.00 bits per heavy atom. The minimum absolute atomic E-state index is 1.20. The number of aryl methyl sites for hydroxylation is 1. The minimum atomic E-state index is -1.75. The van der Waals surface area contributed by atoms with E-state index in [1.54, 1.807) is 0 Å². The third-order valence-electron chi connectivity index (χ3n) is 0.865. The highest BCUT2D eigenvalue weighted by molar-refractivity contribution is 4.92. The standard InChI is InChI=1S/C6H7N.NO3/c1-6-4-2-3-5-7-6;2-1(3)4/h2-5H,1H3;/q;-1/p+1. The van der Waals surface area contributed by atoms with Crippen LogP contribution < -0.4 is 4.98 Å². The maximum Gasteiger partial charge on any atom is 0.176 e. The number of nitrogens with zero attached hydrogens (tertiary/aromatic N) is 1. The Morgan fingerprint density at radius 1 is 1.45 bits per heavy atom. The number of hydrogen-bond donors (Lipinski definition) is 0. The zero-order chi connectivity index (χ0) is 8.69. The predicted octanol–water partition coefficient (Wildman–Crippen LogP) is 0.570. The monoisotopic (exact) mass is 156 g/mol. The molecule has 0 radical (unpaired) electrons. The molecule has 1 heterocycles. The van der Waals surface area contributed by atoms with Crippen molar-refractivity contribution in [3.8, 4) is 0 Å². The van der Waals surface area contributed by atoms with E-state index in [4.69, 9.17) is 15.3 Å². The van der Waals surface area contributed by atoms with E-state index in [-0.39, 0.29) is 0 Å². The number of rotatable bonds is 0. The number of aromatic amines is 1. The first-order valence-electron chi connectivity index (χ1n) is 2.88. The summed E-state index contributed by atoms with van der Waals surface area (Å²) < 4.78 is 0. The van der Waals surface area contributed by atoms with Crippen LogP contribution in [0.3, 0.4) is 0 Å². The van der Waals surface area contributed by atoms with Crippen molar-refractivity contribution >= 4 is 0 Å². The molecule has 0 saturated carbocycles. The normalized spacial score (nSPS) is 7.73. The summed E-state index contributed by atoms with van der Waals surface area (Å²) in [7, 11) is 0. The topological polar surface area (TPSA) is 80.3 Å². The van der Waals surface area contributed by atoms with Crippen molar-refractivity contribution in [2.75, 3.05) is 0 Å². The summed E-state index contributed by atoms with van der Waals surface area (Å²) in [5, 5.41) is 14.8. The summed E-state index contributed by atoms with van der Waals surface area (Å²) in [6.45, 7) is 2.03. The largest absolute Gasteiger partial charge is 0.356 e. The van der Waals surface area contributed by atoms with Crippen LogP contribution in [0.25, 0.3) is 0 Å². The van der Waals surface area contributed by atoms with Gasteiger partial charge in [-0.25, -0.2) is 4.98 Å². The average Bonchev–Trinajstić information content (AvgIpc) is 1.87. The van der Waals surface area contributed by atoms with Crippen LogP contribution in [-0.2, 0) is 0 Å². The Bertz CT molecular complexity index is 208. The molecule has 0 aliphatic rings. The van der Waals surface area contributed by atoms with Crippen molar-refractivity contribution in [1.82, 2.24) is 0 Å². The summed E-state index contributed by atoms with van der Waals surface area (Å²) in [5.74, 6) is 0. The van der Waals surface area contributed by atoms with Gasteiger partial charge >= 0.3 is 0 Å². The van der Waals surface area contributed by atoms with Gasteiger partial charge in [-0.3, -0.25) is 0 Å². The highest BCUT2D eigenvalue weighted by Gasteiger charge is 1.81. The number of hydrogen-bond acceptors (Lipinski definition) is 3. The number of aromatic nitrogens is 1. The zero-order valence-corrected chi connectivity index (χ0v) is 5.98. The van der Waals surface area contributed by atoms with E-state index in [0.29, 0.717) is 0 Å². The molecule has 0 spiro atoms. The van der Waals surface area contributed by atoms with Crippen LogP contribution in [0, 0.1) is 22.2 Å². The van der Waals surface area contributed by atoms with Gasteiger partial charge in [0.05, 0.1) is 5.09 Å². The smallest absolute Gasteiger partial charge is 0.176 e. The van der Waals surface area contributed by atoms with Crippen LogP contribution in [0.15, 0.2) is 24.4 Å². The van der Waals surface area contributed by atoms with Crippen LogP contribution in [0.2, 0.25) is 0 Å². The molecule has 1 rings (SSSR count). The Kier molecular flexibility index (Phi) is 4.39. The summed E-state index contributed by atoms with van der Waals surface area (Å²) in [4.78, 5) is 11.3. The Labute approximate surface area is 63.4 Å². The second kappa shape index (κ2) is 5.16. The molecule has 1 aromatic rings. The molecular formula is C6H8N2O3. The minimum Gasteiger partial charge on any atom is -0.356 e. The summed E-state index contributed by atoms with van der Waals surface area (Å²) in [6.07, 6.45) is 1.91. The molecule has 0 atom stereocenters. The Morgan fingerprint density at radius 3 is 2.18 bits per heavy atom. The van der Waals surface area contributed by atoms with Gasteiger partial charge in [0.15, 0.2) is 11.9 Å². The molecule has 0 fully saturated rings. The quantitative estimate of drug-likeness (QED) is 0.406. The lowest BCUT2D eigenvalue weighted by Crippen LogP contribution is -2.02. The fourth-order valence-corrected chi connectivity index (χ4v) is 0.483. The van der Waals surface area contributed by atoms with Gasteiger partial charge in [-0.05, 0) is 0 Å². The van der Waals surface area contributed by atoms with Gasteiger partial charge in [0, 0.05) is 19.1 Å². The molecule has 11 heavy (non-hydrogen) atoms. The van der Waals surface area contributed by atoms with Crippen molar-refractivity contribution in [3.05, 3.63) is 45.4 Å². The second-order valence-electron chi connectivity index (χ2n) is 1.77. The Balaban J connectivity index is 0.000000218. The van der Waals surface area contributed by atoms with Crippen LogP contribution in [0.4, 0.5) is 0 Å². The van der Waals surface area contributed by atoms with Crippen molar-refractivity contribution in [2.24, 2.45) is 0 Å². The van der Waals surface area contributed by atoms with Gasteiger partial charge < -0.3 is 15.3 Å². The number of H-pyrrole nitrogens is 1. The third-order valence-corrected chi connectivity index (χ3v) is 0.865. The molecule has 0 aliphatic carbocycles. The summed E-state index contributed by atoms with van der Waals surface area (Å²) >= 11 is 0. The molecule has 5 heteroatoms. The number of nitrogens with one attached hydrogen (secondary N) is 1. The van der Waals surface area contributed by atoms with E-state index in [1.165, 1.54) is 5.69 Å². The zero-order valence-electron chi connectivity index (χ0n) is 5.98. The van der Waals surface area contributed by atoms with E-state index in [1.807, 2.05) is 31.3 Å². The molecule has 0 bridgehead atoms. The molecule has 60 valence electrons. The van der Waals surface area contributed by atoms with Crippen LogP contribution in [-0.4, -0.2) is 5.09 Å². The molecule has 1 N–H and O–H groups in total. The van der Waals surface area contributed by atoms with Crippen LogP contribution in [0.5, 0.6) is 0 Å². The van der Waals surface area contributed by atoms with E-state index in [2.05, 4.69) is 4.98 Å². The third kappa shape index (κ3) is 8.35. The molecule has 0 amide bonds. The van der Waals surface area contributed by atoms with Crippen LogP contribution >= 0.6 is 0 Å². The fourth-order valence-electron chi connectivity index (χ4n) is 0.483. The van der Waals surface area contributed by atoms with Gasteiger partial charge in [0.25, 0.3) is 0 Å². The van der Waals surface area contributed by atoms with Crippen molar-refractivity contribution in [2.45, 2.75) is 6.92 Å². The summed E-state index contributed by atoms with van der Waals surface area (Å²) in [5.41, 5.74) is 1.20. The Hall–Kier alpha value is -1.65. The highest BCUT2D eigenvalue weighted by atomic mass is 16.9. The molecule has 0 saturated heterocycles. The highest BCUT2D eigenvalue weighted by Crippen LogP contribution is 1.80. The first kappa shape index (κ1) is 9.35. The first-order chi connectivity index (χ1) is 5.13. The van der Waals surface area contributed by atoms with Crippen LogP contribution in [0.1, 0.15) is 5.69 Å². The van der Waals surface area contributed by atoms with Crippen molar-refractivity contribution < 1.29 is 10.1 Å². The number of pyridine rings is 1. The lowest BCUT2D eigenvalue weighted by molar-refractivity contribution is -0.402. The molecule has 0 aromatic carbocycles. The molecular weight excluding hydrogens is 148 g/mol. The van der Waals surface area contributed by atoms with Gasteiger partial charge in [-0.1, -0.05) is 6.07 Å². The SMILES string of the molecule is Cc1cccc[nH+]1.O=[N+]([O-])[O-]. The molecule has 5 nitrogen and oxygen atoms in total.